The number of esters is 1. The number of fused-ring (bicyclic) bond motifs is 1. The summed E-state index contributed by atoms with van der Waals surface area (Å²) in [4.78, 5) is 24.6. The smallest absolute Gasteiger partial charge is 0.315 e. The van der Waals surface area contributed by atoms with Gasteiger partial charge in [-0.3, -0.25) is 9.59 Å². The van der Waals surface area contributed by atoms with E-state index in [-0.39, 0.29) is 18.6 Å². The van der Waals surface area contributed by atoms with Crippen molar-refractivity contribution in [1.82, 2.24) is 10.2 Å². The fourth-order valence-electron chi connectivity index (χ4n) is 2.84. The van der Waals surface area contributed by atoms with Gasteiger partial charge in [0.1, 0.15) is 11.7 Å². The highest BCUT2D eigenvalue weighted by molar-refractivity contribution is 9.10. The maximum absolute atomic E-state index is 14.3. The molecule has 3 aromatic rings. The minimum Gasteiger partial charge on any atom is -0.465 e. The molecule has 0 aliphatic rings. The predicted molar refractivity (Wildman–Crippen MR) is 99.5 cm³/mol. The molecule has 0 radical (unpaired) electrons. The first-order valence-electron chi connectivity index (χ1n) is 8.09. The van der Waals surface area contributed by atoms with Gasteiger partial charge in [0, 0.05) is 9.86 Å². The Morgan fingerprint density at radius 2 is 2.00 bits per heavy atom. The molecule has 0 aliphatic heterocycles. The Morgan fingerprint density at radius 3 is 2.69 bits per heavy atom. The van der Waals surface area contributed by atoms with E-state index in [1.54, 1.807) is 43.3 Å². The molecule has 134 valence electrons. The number of H-pyrrole nitrogens is 1. The maximum atomic E-state index is 14.3. The molecule has 0 saturated heterocycles. The van der Waals surface area contributed by atoms with E-state index in [9.17, 15) is 14.0 Å². The van der Waals surface area contributed by atoms with Crippen LogP contribution in [0.25, 0.3) is 10.8 Å². The number of nitrogens with zero attached hydrogens (tertiary/aromatic N) is 1. The Morgan fingerprint density at radius 1 is 1.27 bits per heavy atom. The first-order chi connectivity index (χ1) is 12.5. The Kier molecular flexibility index (Phi) is 5.46. The summed E-state index contributed by atoms with van der Waals surface area (Å²) in [6.45, 7) is 1.90. The largest absolute Gasteiger partial charge is 0.465 e. The predicted octanol–water partition coefficient (Wildman–Crippen LogP) is 3.71. The molecule has 26 heavy (non-hydrogen) atoms. The molecule has 0 bridgehead atoms. The third kappa shape index (κ3) is 3.67. The lowest BCUT2D eigenvalue weighted by Gasteiger charge is -2.17. The average Bonchev–Trinajstić information content (AvgIpc) is 2.62. The number of rotatable bonds is 5. The van der Waals surface area contributed by atoms with Crippen molar-refractivity contribution >= 4 is 32.7 Å². The molecule has 0 spiro atoms. The second kappa shape index (κ2) is 7.78. The number of ether oxygens (including phenoxy) is 1. The minimum atomic E-state index is -0.840. The van der Waals surface area contributed by atoms with Crippen LogP contribution in [0.1, 0.15) is 24.1 Å². The molecule has 3 rings (SSSR count). The molecule has 0 aliphatic carbocycles. The van der Waals surface area contributed by atoms with Gasteiger partial charge in [-0.2, -0.15) is 5.10 Å². The quantitative estimate of drug-likeness (QED) is 0.640. The first-order valence-corrected chi connectivity index (χ1v) is 8.88. The molecule has 1 atom stereocenters. The molecule has 1 N–H and O–H groups in total. The summed E-state index contributed by atoms with van der Waals surface area (Å²) in [7, 11) is 0. The lowest BCUT2D eigenvalue weighted by molar-refractivity contribution is -0.145. The summed E-state index contributed by atoms with van der Waals surface area (Å²) in [5.41, 5.74) is 0.381. The van der Waals surface area contributed by atoms with Gasteiger partial charge in [0.25, 0.3) is 5.56 Å². The summed E-state index contributed by atoms with van der Waals surface area (Å²) >= 11 is 3.22. The number of carbonyl (C=O) groups excluding carboxylic acids is 1. The van der Waals surface area contributed by atoms with Crippen LogP contribution in [-0.4, -0.2) is 22.8 Å². The van der Waals surface area contributed by atoms with Gasteiger partial charge in [0.2, 0.25) is 0 Å². The van der Waals surface area contributed by atoms with Gasteiger partial charge in [0.15, 0.2) is 0 Å². The normalized spacial score (nSPS) is 12.1. The van der Waals surface area contributed by atoms with E-state index >= 15 is 0 Å². The summed E-state index contributed by atoms with van der Waals surface area (Å²) in [5, 5.41) is 7.47. The summed E-state index contributed by atoms with van der Waals surface area (Å²) < 4.78 is 20.1. The molecule has 0 saturated carbocycles. The Balaban J connectivity index is 2.12. The highest BCUT2D eigenvalue weighted by Crippen LogP contribution is 2.28. The van der Waals surface area contributed by atoms with Gasteiger partial charge in [-0.25, -0.2) is 9.49 Å². The van der Waals surface area contributed by atoms with E-state index in [4.69, 9.17) is 4.74 Å². The van der Waals surface area contributed by atoms with E-state index in [2.05, 4.69) is 26.1 Å². The van der Waals surface area contributed by atoms with Crippen LogP contribution in [0.5, 0.6) is 0 Å². The van der Waals surface area contributed by atoms with Crippen molar-refractivity contribution in [2.45, 2.75) is 19.3 Å². The van der Waals surface area contributed by atoms with Gasteiger partial charge in [-0.05, 0) is 37.1 Å². The molecule has 2 aromatic carbocycles. The number of nitrogens with one attached hydrogen (secondary N) is 1. The van der Waals surface area contributed by atoms with Crippen LogP contribution in [-0.2, 0) is 16.0 Å². The number of carbonyl (C=O) groups is 1. The molecule has 5 nitrogen and oxygen atoms in total. The number of aromatic amines is 1. The van der Waals surface area contributed by atoms with Crippen LogP contribution in [0.2, 0.25) is 0 Å². The van der Waals surface area contributed by atoms with Crippen molar-refractivity contribution in [2.75, 3.05) is 6.61 Å². The van der Waals surface area contributed by atoms with Crippen LogP contribution >= 0.6 is 15.9 Å². The number of benzene rings is 2. The zero-order chi connectivity index (χ0) is 18.7. The standard InChI is InChI=1S/C19H16BrFN2O3/c1-2-26-19(25)15(9-11-7-8-12(20)10-16(11)21)17-13-5-3-4-6-14(13)18(24)23-22-17/h3-8,10,15H,2,9H2,1H3,(H,23,24). The summed E-state index contributed by atoms with van der Waals surface area (Å²) in [6, 6.07) is 11.5. The molecular weight excluding hydrogens is 403 g/mol. The molecule has 0 amide bonds. The van der Waals surface area contributed by atoms with Gasteiger partial charge in [-0.15, -0.1) is 0 Å². The highest BCUT2D eigenvalue weighted by Gasteiger charge is 2.27. The topological polar surface area (TPSA) is 72.0 Å². The number of aromatic nitrogens is 2. The Labute approximate surface area is 157 Å². The van der Waals surface area contributed by atoms with Crippen LogP contribution in [0.15, 0.2) is 51.7 Å². The van der Waals surface area contributed by atoms with E-state index < -0.39 is 17.7 Å². The van der Waals surface area contributed by atoms with Crippen LogP contribution in [0.4, 0.5) is 4.39 Å². The molecule has 0 fully saturated rings. The van der Waals surface area contributed by atoms with Gasteiger partial charge < -0.3 is 4.74 Å². The lowest BCUT2D eigenvalue weighted by Crippen LogP contribution is -2.23. The summed E-state index contributed by atoms with van der Waals surface area (Å²) in [5.74, 6) is -1.78. The molecule has 7 heteroatoms. The molecule has 1 heterocycles. The number of hydrogen-bond donors (Lipinski definition) is 1. The van der Waals surface area contributed by atoms with E-state index in [0.717, 1.165) is 0 Å². The zero-order valence-electron chi connectivity index (χ0n) is 14.0. The molecular formula is C19H16BrFN2O3. The molecule has 1 unspecified atom stereocenters. The first kappa shape index (κ1) is 18.3. The third-order valence-corrected chi connectivity index (χ3v) is 4.56. The zero-order valence-corrected chi connectivity index (χ0v) is 15.5. The fourth-order valence-corrected chi connectivity index (χ4v) is 3.18. The van der Waals surface area contributed by atoms with Crippen LogP contribution in [0, 0.1) is 5.82 Å². The van der Waals surface area contributed by atoms with Crippen molar-refractivity contribution in [3.63, 3.8) is 0 Å². The van der Waals surface area contributed by atoms with Gasteiger partial charge in [-0.1, -0.05) is 40.2 Å². The molecule has 1 aromatic heterocycles. The van der Waals surface area contributed by atoms with Crippen molar-refractivity contribution < 1.29 is 13.9 Å². The van der Waals surface area contributed by atoms with Crippen molar-refractivity contribution in [1.29, 1.82) is 0 Å². The minimum absolute atomic E-state index is 0.0704. The summed E-state index contributed by atoms with van der Waals surface area (Å²) in [6.07, 6.45) is 0.0704. The SMILES string of the molecule is CCOC(=O)C(Cc1ccc(Br)cc1F)c1n[nH]c(=O)c2ccccc12. The fraction of sp³-hybridized carbons (Fsp3) is 0.211. The van der Waals surface area contributed by atoms with E-state index in [1.165, 1.54) is 6.07 Å². The average molecular weight is 419 g/mol. The van der Waals surface area contributed by atoms with Crippen LogP contribution < -0.4 is 5.56 Å². The lowest BCUT2D eigenvalue weighted by atomic mass is 9.93. The number of halogens is 2. The van der Waals surface area contributed by atoms with Crippen molar-refractivity contribution in [3.05, 3.63) is 74.4 Å². The van der Waals surface area contributed by atoms with Gasteiger partial charge in [0.05, 0.1) is 17.7 Å². The van der Waals surface area contributed by atoms with Crippen molar-refractivity contribution in [3.8, 4) is 0 Å². The Bertz CT molecular complexity index is 1020. The maximum Gasteiger partial charge on any atom is 0.315 e. The highest BCUT2D eigenvalue weighted by atomic mass is 79.9. The number of hydrogen-bond acceptors (Lipinski definition) is 4. The van der Waals surface area contributed by atoms with Crippen molar-refractivity contribution in [2.24, 2.45) is 0 Å². The van der Waals surface area contributed by atoms with E-state index in [0.29, 0.717) is 26.5 Å². The van der Waals surface area contributed by atoms with E-state index in [1.807, 2.05) is 0 Å². The third-order valence-electron chi connectivity index (χ3n) is 4.07. The van der Waals surface area contributed by atoms with Crippen LogP contribution in [0.3, 0.4) is 0 Å². The van der Waals surface area contributed by atoms with Gasteiger partial charge >= 0.3 is 5.97 Å². The second-order valence-electron chi connectivity index (χ2n) is 5.73. The Hall–Kier alpha value is -2.54. The second-order valence-corrected chi connectivity index (χ2v) is 6.64. The monoisotopic (exact) mass is 418 g/mol.